The number of benzene rings is 2. The summed E-state index contributed by atoms with van der Waals surface area (Å²) in [4.78, 5) is 24.2. The molecule has 0 radical (unpaired) electrons. The zero-order valence-corrected chi connectivity index (χ0v) is 14.6. The normalized spacial score (nSPS) is 15.8. The number of ketones is 1. The Labute approximate surface area is 149 Å². The van der Waals surface area contributed by atoms with Crippen LogP contribution in [-0.4, -0.2) is 18.3 Å². The van der Waals surface area contributed by atoms with Crippen LogP contribution in [0.15, 0.2) is 30.3 Å². The predicted octanol–water partition coefficient (Wildman–Crippen LogP) is 4.49. The number of nitrogens with one attached hydrogen (secondary N) is 1. The number of fused-ring (bicyclic) bond motifs is 1. The Balaban J connectivity index is 1.73. The first kappa shape index (κ1) is 17.4. The number of hydrogen-bond acceptors (Lipinski definition) is 3. The second-order valence-corrected chi connectivity index (χ2v) is 6.60. The first-order chi connectivity index (χ1) is 11.9. The van der Waals surface area contributed by atoms with Crippen LogP contribution < -0.4 is 10.1 Å². The molecule has 0 saturated carbocycles. The average Bonchev–Trinajstić information content (AvgIpc) is 2.86. The lowest BCUT2D eigenvalue weighted by Gasteiger charge is -2.13. The fourth-order valence-corrected chi connectivity index (χ4v) is 3.18. The molecule has 0 fully saturated rings. The molecule has 1 aliphatic carbocycles. The first-order valence-electron chi connectivity index (χ1n) is 7.91. The van der Waals surface area contributed by atoms with Gasteiger partial charge in [0, 0.05) is 22.7 Å². The second kappa shape index (κ2) is 6.84. The fourth-order valence-electron chi connectivity index (χ4n) is 3.00. The molecular formula is C19H17ClFNO3. The van der Waals surface area contributed by atoms with E-state index in [4.69, 9.17) is 16.3 Å². The van der Waals surface area contributed by atoms with Crippen molar-refractivity contribution in [2.45, 2.75) is 26.2 Å². The minimum absolute atomic E-state index is 0.164. The molecule has 0 saturated heterocycles. The molecule has 130 valence electrons. The van der Waals surface area contributed by atoms with Gasteiger partial charge in [0.1, 0.15) is 11.6 Å². The molecule has 1 atom stereocenters. The zero-order chi connectivity index (χ0) is 18.1. The number of halogens is 2. The summed E-state index contributed by atoms with van der Waals surface area (Å²) < 4.78 is 19.5. The standard InChI is InChI=1S/C19H17ClFNO3/c1-10-3-4-12(20)8-14(10)22-17(24)9-25-16-6-5-13(21)18-11(2)7-15(23)19(16)18/h3-6,8,11H,7,9H2,1-2H3,(H,22,24)/t11-/m0/s1. The van der Waals surface area contributed by atoms with E-state index in [1.54, 1.807) is 25.1 Å². The molecule has 6 heteroatoms. The van der Waals surface area contributed by atoms with E-state index < -0.39 is 5.82 Å². The van der Waals surface area contributed by atoms with E-state index in [-0.39, 0.29) is 41.9 Å². The van der Waals surface area contributed by atoms with Crippen molar-refractivity contribution in [2.75, 3.05) is 11.9 Å². The Morgan fingerprint density at radius 2 is 2.12 bits per heavy atom. The van der Waals surface area contributed by atoms with Gasteiger partial charge in [0.05, 0.1) is 5.56 Å². The van der Waals surface area contributed by atoms with E-state index >= 15 is 0 Å². The second-order valence-electron chi connectivity index (χ2n) is 6.16. The smallest absolute Gasteiger partial charge is 0.262 e. The molecule has 1 N–H and O–H groups in total. The third-order valence-corrected chi connectivity index (χ3v) is 4.48. The lowest BCUT2D eigenvalue weighted by Crippen LogP contribution is -2.21. The van der Waals surface area contributed by atoms with Gasteiger partial charge in [-0.3, -0.25) is 9.59 Å². The van der Waals surface area contributed by atoms with Crippen molar-refractivity contribution in [1.82, 2.24) is 0 Å². The van der Waals surface area contributed by atoms with Crippen molar-refractivity contribution in [1.29, 1.82) is 0 Å². The molecule has 0 aliphatic heterocycles. The van der Waals surface area contributed by atoms with Crippen LogP contribution in [0.4, 0.5) is 10.1 Å². The van der Waals surface area contributed by atoms with Crippen LogP contribution in [0.2, 0.25) is 5.02 Å². The summed E-state index contributed by atoms with van der Waals surface area (Å²) in [5, 5.41) is 3.22. The van der Waals surface area contributed by atoms with Crippen LogP contribution in [0.1, 0.15) is 40.7 Å². The van der Waals surface area contributed by atoms with Gasteiger partial charge in [0.25, 0.3) is 5.91 Å². The SMILES string of the molecule is Cc1ccc(Cl)cc1NC(=O)COc1ccc(F)c2c1C(=O)C[C@@H]2C. The molecular weight excluding hydrogens is 345 g/mol. The number of amides is 1. The van der Waals surface area contributed by atoms with E-state index in [9.17, 15) is 14.0 Å². The number of carbonyl (C=O) groups is 2. The van der Waals surface area contributed by atoms with Crippen molar-refractivity contribution in [3.63, 3.8) is 0 Å². The van der Waals surface area contributed by atoms with E-state index in [1.807, 2.05) is 6.92 Å². The molecule has 1 aliphatic rings. The van der Waals surface area contributed by atoms with Crippen molar-refractivity contribution in [2.24, 2.45) is 0 Å². The van der Waals surface area contributed by atoms with Crippen molar-refractivity contribution < 1.29 is 18.7 Å². The summed E-state index contributed by atoms with van der Waals surface area (Å²) in [5.41, 5.74) is 2.08. The Bertz CT molecular complexity index is 866. The summed E-state index contributed by atoms with van der Waals surface area (Å²) >= 11 is 5.93. The predicted molar refractivity (Wildman–Crippen MR) is 94.1 cm³/mol. The minimum Gasteiger partial charge on any atom is -0.483 e. The summed E-state index contributed by atoms with van der Waals surface area (Å²) in [7, 11) is 0. The van der Waals surface area contributed by atoms with Gasteiger partial charge in [-0.15, -0.1) is 0 Å². The highest BCUT2D eigenvalue weighted by Crippen LogP contribution is 2.39. The van der Waals surface area contributed by atoms with Crippen LogP contribution >= 0.6 is 11.6 Å². The molecule has 3 rings (SSSR count). The number of hydrogen-bond donors (Lipinski definition) is 1. The number of anilines is 1. The Morgan fingerprint density at radius 1 is 1.36 bits per heavy atom. The van der Waals surface area contributed by atoms with Crippen LogP contribution in [0.3, 0.4) is 0 Å². The molecule has 1 amide bonds. The topological polar surface area (TPSA) is 55.4 Å². The number of aryl methyl sites for hydroxylation is 1. The molecule has 0 bridgehead atoms. The minimum atomic E-state index is -0.417. The van der Waals surface area contributed by atoms with Gasteiger partial charge in [-0.2, -0.15) is 0 Å². The number of carbonyl (C=O) groups excluding carboxylic acids is 2. The first-order valence-corrected chi connectivity index (χ1v) is 8.29. The van der Waals surface area contributed by atoms with Crippen molar-refractivity contribution in [3.05, 3.63) is 57.9 Å². The molecule has 4 nitrogen and oxygen atoms in total. The lowest BCUT2D eigenvalue weighted by atomic mass is 10.0. The van der Waals surface area contributed by atoms with E-state index in [0.717, 1.165) is 5.56 Å². The Morgan fingerprint density at radius 3 is 2.88 bits per heavy atom. The van der Waals surface area contributed by atoms with Crippen LogP contribution in [0.25, 0.3) is 0 Å². The van der Waals surface area contributed by atoms with E-state index in [1.165, 1.54) is 12.1 Å². The lowest BCUT2D eigenvalue weighted by molar-refractivity contribution is -0.118. The van der Waals surface area contributed by atoms with E-state index in [0.29, 0.717) is 16.3 Å². The Kier molecular flexibility index (Phi) is 4.77. The highest BCUT2D eigenvalue weighted by molar-refractivity contribution is 6.31. The summed E-state index contributed by atoms with van der Waals surface area (Å²) in [6, 6.07) is 7.84. The molecule has 0 unspecified atom stereocenters. The van der Waals surface area contributed by atoms with Crippen molar-refractivity contribution >= 4 is 29.0 Å². The molecule has 2 aromatic carbocycles. The quantitative estimate of drug-likeness (QED) is 0.872. The Hall–Kier alpha value is -2.40. The van der Waals surface area contributed by atoms with Gasteiger partial charge in [0.15, 0.2) is 12.4 Å². The molecule has 0 spiro atoms. The highest BCUT2D eigenvalue weighted by Gasteiger charge is 2.32. The highest BCUT2D eigenvalue weighted by atomic mass is 35.5. The molecule has 25 heavy (non-hydrogen) atoms. The van der Waals surface area contributed by atoms with Crippen LogP contribution in [0.5, 0.6) is 5.75 Å². The summed E-state index contributed by atoms with van der Waals surface area (Å²) in [5.74, 6) is -0.914. The van der Waals surface area contributed by atoms with Gasteiger partial charge < -0.3 is 10.1 Å². The maximum atomic E-state index is 14.0. The number of Topliss-reactive ketones (excluding diaryl/α,β-unsaturated/α-hetero) is 1. The number of rotatable bonds is 4. The molecule has 0 heterocycles. The van der Waals surface area contributed by atoms with Crippen LogP contribution in [0, 0.1) is 12.7 Å². The monoisotopic (exact) mass is 361 g/mol. The molecule has 2 aromatic rings. The van der Waals surface area contributed by atoms with Gasteiger partial charge in [-0.25, -0.2) is 4.39 Å². The molecule has 0 aromatic heterocycles. The summed E-state index contributed by atoms with van der Waals surface area (Å²) in [6.45, 7) is 3.36. The third-order valence-electron chi connectivity index (χ3n) is 4.25. The van der Waals surface area contributed by atoms with Crippen LogP contribution in [-0.2, 0) is 4.79 Å². The largest absolute Gasteiger partial charge is 0.483 e. The van der Waals surface area contributed by atoms with Gasteiger partial charge in [-0.1, -0.05) is 24.6 Å². The van der Waals surface area contributed by atoms with Crippen molar-refractivity contribution in [3.8, 4) is 5.75 Å². The third kappa shape index (κ3) is 3.51. The van der Waals surface area contributed by atoms with Gasteiger partial charge in [0.2, 0.25) is 0 Å². The van der Waals surface area contributed by atoms with Gasteiger partial charge in [-0.05, 0) is 42.7 Å². The maximum absolute atomic E-state index is 14.0. The van der Waals surface area contributed by atoms with E-state index in [2.05, 4.69) is 5.32 Å². The fraction of sp³-hybridized carbons (Fsp3) is 0.263. The number of ether oxygens (including phenoxy) is 1. The summed E-state index contributed by atoms with van der Waals surface area (Å²) in [6.07, 6.45) is 0.251. The average molecular weight is 362 g/mol. The van der Waals surface area contributed by atoms with Gasteiger partial charge >= 0.3 is 0 Å². The maximum Gasteiger partial charge on any atom is 0.262 e. The zero-order valence-electron chi connectivity index (χ0n) is 13.9.